The van der Waals surface area contributed by atoms with Gasteiger partial charge in [-0.2, -0.15) is 0 Å². The monoisotopic (exact) mass is 137 g/mol. The van der Waals surface area contributed by atoms with E-state index in [2.05, 4.69) is 15.4 Å². The fourth-order valence-corrected chi connectivity index (χ4v) is 1.19. The number of carbonyl (C=O) groups excluding carboxylic acids is 1. The molecular weight excluding hydrogens is 130 g/mol. The van der Waals surface area contributed by atoms with Gasteiger partial charge in [0, 0.05) is 6.42 Å². The van der Waals surface area contributed by atoms with Crippen molar-refractivity contribution in [3.8, 4) is 0 Å². The lowest BCUT2D eigenvalue weighted by Gasteiger charge is -2.05. The molecule has 0 saturated carbocycles. The maximum Gasteiger partial charge on any atom is 0.185 e. The van der Waals surface area contributed by atoms with Crippen molar-refractivity contribution in [2.45, 2.75) is 19.3 Å². The summed E-state index contributed by atoms with van der Waals surface area (Å²) in [5.74, 6) is 0.120. The number of hydrogen-bond donors (Lipinski definition) is 1. The Morgan fingerprint density at radius 3 is 3.10 bits per heavy atom. The van der Waals surface area contributed by atoms with Gasteiger partial charge in [0.15, 0.2) is 11.5 Å². The minimum absolute atomic E-state index is 0.120. The quantitative estimate of drug-likeness (QED) is 0.560. The van der Waals surface area contributed by atoms with Crippen LogP contribution in [0.3, 0.4) is 0 Å². The summed E-state index contributed by atoms with van der Waals surface area (Å²) in [5.41, 5.74) is 1.45. The summed E-state index contributed by atoms with van der Waals surface area (Å²) in [7, 11) is 0. The van der Waals surface area contributed by atoms with Gasteiger partial charge >= 0.3 is 0 Å². The number of fused-ring (bicyclic) bond motifs is 1. The highest BCUT2D eigenvalue weighted by molar-refractivity contribution is 5.95. The lowest BCUT2D eigenvalue weighted by atomic mass is 10.0. The number of rotatable bonds is 0. The van der Waals surface area contributed by atoms with Gasteiger partial charge in [-0.3, -0.25) is 9.89 Å². The van der Waals surface area contributed by atoms with Gasteiger partial charge in [0.25, 0.3) is 0 Å². The number of nitrogens with zero attached hydrogens (tertiary/aromatic N) is 2. The summed E-state index contributed by atoms with van der Waals surface area (Å²) < 4.78 is 0. The van der Waals surface area contributed by atoms with Crippen LogP contribution in [0.5, 0.6) is 0 Å². The molecule has 0 unspecified atom stereocenters. The van der Waals surface area contributed by atoms with E-state index in [4.69, 9.17) is 0 Å². The molecule has 0 atom stereocenters. The number of aromatic nitrogens is 3. The molecule has 0 aromatic carbocycles. The summed E-state index contributed by atoms with van der Waals surface area (Å²) in [6.07, 6.45) is 2.46. The molecule has 0 amide bonds. The Kier molecular flexibility index (Phi) is 1.06. The summed E-state index contributed by atoms with van der Waals surface area (Å²) in [4.78, 5) is 11.0. The van der Waals surface area contributed by atoms with Crippen molar-refractivity contribution in [3.05, 3.63) is 11.4 Å². The van der Waals surface area contributed by atoms with Crippen molar-refractivity contribution in [2.24, 2.45) is 0 Å². The Morgan fingerprint density at radius 1 is 1.40 bits per heavy atom. The fraction of sp³-hybridized carbons (Fsp3) is 0.500. The Bertz CT molecular complexity index is 266. The molecule has 4 heteroatoms. The third-order valence-corrected chi connectivity index (χ3v) is 1.72. The second-order valence-electron chi connectivity index (χ2n) is 2.42. The van der Waals surface area contributed by atoms with Crippen LogP contribution in [-0.2, 0) is 6.42 Å². The first-order valence-electron chi connectivity index (χ1n) is 3.31. The summed E-state index contributed by atoms with van der Waals surface area (Å²) in [6.45, 7) is 0. The van der Waals surface area contributed by atoms with E-state index in [-0.39, 0.29) is 5.78 Å². The summed E-state index contributed by atoms with van der Waals surface area (Å²) in [5, 5.41) is 9.95. The SMILES string of the molecule is O=C1CCCc2[nH]nnc21. The first kappa shape index (κ1) is 5.58. The number of hydrogen-bond acceptors (Lipinski definition) is 3. The Labute approximate surface area is 57.6 Å². The Hall–Kier alpha value is -1.19. The van der Waals surface area contributed by atoms with Gasteiger partial charge < -0.3 is 0 Å². The van der Waals surface area contributed by atoms with E-state index in [1.807, 2.05) is 0 Å². The highest BCUT2D eigenvalue weighted by Crippen LogP contribution is 2.15. The topological polar surface area (TPSA) is 58.6 Å². The van der Waals surface area contributed by atoms with E-state index in [1.165, 1.54) is 0 Å². The molecule has 0 spiro atoms. The number of nitrogens with one attached hydrogen (secondary N) is 1. The number of ketones is 1. The van der Waals surface area contributed by atoms with Crippen molar-refractivity contribution >= 4 is 5.78 Å². The van der Waals surface area contributed by atoms with Crippen molar-refractivity contribution in [3.63, 3.8) is 0 Å². The molecule has 0 fully saturated rings. The predicted octanol–water partition coefficient (Wildman–Crippen LogP) is 0.324. The Morgan fingerprint density at radius 2 is 2.30 bits per heavy atom. The highest BCUT2D eigenvalue weighted by Gasteiger charge is 2.19. The van der Waals surface area contributed by atoms with Crippen LogP contribution >= 0.6 is 0 Å². The van der Waals surface area contributed by atoms with Gasteiger partial charge in [0.2, 0.25) is 0 Å². The minimum Gasteiger partial charge on any atom is -0.292 e. The van der Waals surface area contributed by atoms with E-state index in [1.54, 1.807) is 0 Å². The molecule has 1 aromatic heterocycles. The molecule has 1 aromatic rings. The van der Waals surface area contributed by atoms with E-state index in [9.17, 15) is 4.79 Å². The van der Waals surface area contributed by atoms with Gasteiger partial charge in [-0.15, -0.1) is 5.10 Å². The zero-order valence-electron chi connectivity index (χ0n) is 5.42. The first-order valence-corrected chi connectivity index (χ1v) is 3.31. The second-order valence-corrected chi connectivity index (χ2v) is 2.42. The van der Waals surface area contributed by atoms with Crippen LogP contribution in [0, 0.1) is 0 Å². The summed E-state index contributed by atoms with van der Waals surface area (Å²) in [6, 6.07) is 0. The van der Waals surface area contributed by atoms with Gasteiger partial charge in [-0.05, 0) is 12.8 Å². The molecule has 1 heterocycles. The molecule has 0 saturated heterocycles. The van der Waals surface area contributed by atoms with Crippen molar-refractivity contribution in [1.29, 1.82) is 0 Å². The number of carbonyl (C=O) groups is 1. The normalized spacial score (nSPS) is 17.0. The zero-order valence-corrected chi connectivity index (χ0v) is 5.42. The van der Waals surface area contributed by atoms with Crippen molar-refractivity contribution < 1.29 is 4.79 Å². The van der Waals surface area contributed by atoms with Gasteiger partial charge in [0.05, 0.1) is 5.69 Å². The standard InChI is InChI=1S/C6H7N3O/c10-5-3-1-2-4-6(5)8-9-7-4/h1-3H2,(H,7,8,9). The smallest absolute Gasteiger partial charge is 0.185 e. The minimum atomic E-state index is 0.120. The molecule has 52 valence electrons. The van der Waals surface area contributed by atoms with Crippen LogP contribution in [0.25, 0.3) is 0 Å². The maximum absolute atomic E-state index is 11.0. The molecule has 10 heavy (non-hydrogen) atoms. The van der Waals surface area contributed by atoms with Gasteiger partial charge in [0.1, 0.15) is 0 Å². The molecule has 2 rings (SSSR count). The molecular formula is C6H7N3O. The Balaban J connectivity index is 2.50. The lowest BCUT2D eigenvalue weighted by Crippen LogP contribution is -2.09. The third-order valence-electron chi connectivity index (χ3n) is 1.72. The molecule has 0 bridgehead atoms. The molecule has 1 N–H and O–H groups in total. The molecule has 1 aliphatic carbocycles. The lowest BCUT2D eigenvalue weighted by molar-refractivity contribution is 0.0967. The fourth-order valence-electron chi connectivity index (χ4n) is 1.19. The van der Waals surface area contributed by atoms with Crippen LogP contribution < -0.4 is 0 Å². The number of H-pyrrole nitrogens is 1. The number of aryl methyl sites for hydroxylation is 1. The maximum atomic E-state index is 11.0. The van der Waals surface area contributed by atoms with Gasteiger partial charge in [-0.25, -0.2) is 0 Å². The summed E-state index contributed by atoms with van der Waals surface area (Å²) >= 11 is 0. The predicted molar refractivity (Wildman–Crippen MR) is 33.7 cm³/mol. The van der Waals surface area contributed by atoms with Crippen LogP contribution in [0.2, 0.25) is 0 Å². The van der Waals surface area contributed by atoms with Crippen LogP contribution in [0.15, 0.2) is 0 Å². The van der Waals surface area contributed by atoms with Crippen LogP contribution in [0.4, 0.5) is 0 Å². The second kappa shape index (κ2) is 1.90. The number of aromatic amines is 1. The van der Waals surface area contributed by atoms with Crippen molar-refractivity contribution in [2.75, 3.05) is 0 Å². The molecule has 0 radical (unpaired) electrons. The van der Waals surface area contributed by atoms with Crippen LogP contribution in [0.1, 0.15) is 29.0 Å². The average molecular weight is 137 g/mol. The molecule has 4 nitrogen and oxygen atoms in total. The van der Waals surface area contributed by atoms with Gasteiger partial charge in [-0.1, -0.05) is 5.21 Å². The van der Waals surface area contributed by atoms with E-state index in [0.29, 0.717) is 12.1 Å². The number of Topliss-reactive ketones (excluding diaryl/α,β-unsaturated/α-hetero) is 1. The third kappa shape index (κ3) is 0.650. The van der Waals surface area contributed by atoms with Crippen LogP contribution in [-0.4, -0.2) is 21.2 Å². The van der Waals surface area contributed by atoms with E-state index < -0.39 is 0 Å². The van der Waals surface area contributed by atoms with E-state index in [0.717, 1.165) is 18.5 Å². The molecule has 0 aliphatic heterocycles. The van der Waals surface area contributed by atoms with E-state index >= 15 is 0 Å². The first-order chi connectivity index (χ1) is 4.88. The average Bonchev–Trinajstić information content (AvgIpc) is 2.36. The highest BCUT2D eigenvalue weighted by atomic mass is 16.1. The zero-order chi connectivity index (χ0) is 6.97. The largest absolute Gasteiger partial charge is 0.292 e. The van der Waals surface area contributed by atoms with Crippen molar-refractivity contribution in [1.82, 2.24) is 15.4 Å². The molecule has 1 aliphatic rings.